The Labute approximate surface area is 173 Å². The summed E-state index contributed by atoms with van der Waals surface area (Å²) >= 11 is 0. The maximum Gasteiger partial charge on any atom is 0.251 e. The Morgan fingerprint density at radius 3 is 2.72 bits per heavy atom. The lowest BCUT2D eigenvalue weighted by Crippen LogP contribution is -2.49. The number of hydrogen-bond acceptors (Lipinski definition) is 4. The van der Waals surface area contributed by atoms with E-state index >= 15 is 0 Å². The fourth-order valence-corrected chi connectivity index (χ4v) is 5.11. The van der Waals surface area contributed by atoms with Gasteiger partial charge in [-0.05, 0) is 44.4 Å². The molecule has 1 fully saturated rings. The first-order valence-electron chi connectivity index (χ1n) is 10.1. The molecular weight excluding hydrogens is 390 g/mol. The van der Waals surface area contributed by atoms with Gasteiger partial charge in [0.15, 0.2) is 0 Å². The van der Waals surface area contributed by atoms with Crippen LogP contribution < -0.4 is 10.6 Å². The van der Waals surface area contributed by atoms with Gasteiger partial charge in [0.2, 0.25) is 15.9 Å². The van der Waals surface area contributed by atoms with E-state index in [1.54, 1.807) is 18.2 Å². The molecule has 0 spiro atoms. The van der Waals surface area contributed by atoms with Crippen LogP contribution in [0.3, 0.4) is 0 Å². The maximum absolute atomic E-state index is 13.3. The number of carbonyl (C=O) groups is 2. The van der Waals surface area contributed by atoms with Crippen LogP contribution in [-0.2, 0) is 14.8 Å². The number of sulfonamides is 1. The lowest BCUT2D eigenvalue weighted by atomic mass is 9.94. The summed E-state index contributed by atoms with van der Waals surface area (Å²) in [6.07, 6.45) is 4.72. The standard InChI is InChI=1S/C21H31N3O4S/c1-4-6-13-23-21(26)18-11-10-16(3)24(15-18)29(27,28)19-9-7-8-17(14-19)20(25)22-12-5-2/h5,7-9,14,16,18H,2,4,6,10-13,15H2,1,3H3,(H,22,25)(H,23,26). The second-order valence-electron chi connectivity index (χ2n) is 7.37. The van der Waals surface area contributed by atoms with Crippen molar-refractivity contribution in [1.29, 1.82) is 0 Å². The molecule has 1 aliphatic heterocycles. The minimum Gasteiger partial charge on any atom is -0.356 e. The molecule has 0 bridgehead atoms. The highest BCUT2D eigenvalue weighted by Crippen LogP contribution is 2.28. The van der Waals surface area contributed by atoms with Crippen LogP contribution >= 0.6 is 0 Å². The second kappa shape index (κ2) is 10.5. The third-order valence-electron chi connectivity index (χ3n) is 5.13. The molecule has 0 radical (unpaired) electrons. The van der Waals surface area contributed by atoms with Crippen molar-refractivity contribution in [1.82, 2.24) is 14.9 Å². The Bertz CT molecular complexity index is 838. The van der Waals surface area contributed by atoms with E-state index in [0.717, 1.165) is 12.8 Å². The molecule has 1 aromatic rings. The van der Waals surface area contributed by atoms with Crippen LogP contribution in [0.2, 0.25) is 0 Å². The third-order valence-corrected chi connectivity index (χ3v) is 7.11. The van der Waals surface area contributed by atoms with Crippen molar-refractivity contribution in [3.8, 4) is 0 Å². The first kappa shape index (κ1) is 23.1. The zero-order valence-corrected chi connectivity index (χ0v) is 18.0. The van der Waals surface area contributed by atoms with Gasteiger partial charge in [-0.3, -0.25) is 9.59 Å². The summed E-state index contributed by atoms with van der Waals surface area (Å²) < 4.78 is 27.9. The van der Waals surface area contributed by atoms with Gasteiger partial charge in [-0.1, -0.05) is 25.5 Å². The van der Waals surface area contributed by atoms with E-state index in [4.69, 9.17) is 0 Å². The fraction of sp³-hybridized carbons (Fsp3) is 0.524. The quantitative estimate of drug-likeness (QED) is 0.472. The van der Waals surface area contributed by atoms with Crippen LogP contribution in [0.1, 0.15) is 49.9 Å². The molecule has 29 heavy (non-hydrogen) atoms. The predicted molar refractivity (Wildman–Crippen MR) is 113 cm³/mol. The van der Waals surface area contributed by atoms with Gasteiger partial charge >= 0.3 is 0 Å². The van der Waals surface area contributed by atoms with E-state index in [1.807, 2.05) is 6.92 Å². The molecule has 2 N–H and O–H groups in total. The summed E-state index contributed by atoms with van der Waals surface area (Å²) in [7, 11) is -3.83. The summed E-state index contributed by atoms with van der Waals surface area (Å²) in [6, 6.07) is 5.78. The number of unbranched alkanes of at least 4 members (excludes halogenated alkanes) is 1. The zero-order valence-electron chi connectivity index (χ0n) is 17.2. The van der Waals surface area contributed by atoms with Crippen LogP contribution in [0, 0.1) is 5.92 Å². The van der Waals surface area contributed by atoms with E-state index in [0.29, 0.717) is 25.9 Å². The highest BCUT2D eigenvalue weighted by molar-refractivity contribution is 7.89. The fourth-order valence-electron chi connectivity index (χ4n) is 3.36. The molecule has 7 nitrogen and oxygen atoms in total. The van der Waals surface area contributed by atoms with Gasteiger partial charge in [0.1, 0.15) is 0 Å². The number of piperidine rings is 1. The molecule has 0 saturated carbocycles. The summed E-state index contributed by atoms with van der Waals surface area (Å²) in [4.78, 5) is 24.7. The van der Waals surface area contributed by atoms with Crippen LogP contribution in [-0.4, -0.2) is 50.2 Å². The number of carbonyl (C=O) groups excluding carboxylic acids is 2. The average Bonchev–Trinajstić information content (AvgIpc) is 2.72. The number of rotatable bonds is 9. The van der Waals surface area contributed by atoms with Crippen LogP contribution in [0.5, 0.6) is 0 Å². The van der Waals surface area contributed by atoms with Crippen molar-refractivity contribution in [2.45, 2.75) is 50.5 Å². The molecule has 160 valence electrons. The van der Waals surface area contributed by atoms with Gasteiger partial charge in [0, 0.05) is 31.2 Å². The minimum atomic E-state index is -3.83. The lowest BCUT2D eigenvalue weighted by molar-refractivity contribution is -0.126. The van der Waals surface area contributed by atoms with Crippen molar-refractivity contribution >= 4 is 21.8 Å². The van der Waals surface area contributed by atoms with Gasteiger partial charge in [0.05, 0.1) is 10.8 Å². The minimum absolute atomic E-state index is 0.0580. The topological polar surface area (TPSA) is 95.6 Å². The first-order valence-corrected chi connectivity index (χ1v) is 11.5. The monoisotopic (exact) mass is 421 g/mol. The van der Waals surface area contributed by atoms with Crippen LogP contribution in [0.25, 0.3) is 0 Å². The Balaban J connectivity index is 2.19. The molecular formula is C21H31N3O4S. The van der Waals surface area contributed by atoms with E-state index in [1.165, 1.54) is 16.4 Å². The Kier molecular flexibility index (Phi) is 8.40. The molecule has 0 aromatic heterocycles. The van der Waals surface area contributed by atoms with Gasteiger partial charge in [-0.25, -0.2) is 8.42 Å². The van der Waals surface area contributed by atoms with Gasteiger partial charge < -0.3 is 10.6 Å². The third kappa shape index (κ3) is 5.90. The van der Waals surface area contributed by atoms with E-state index in [9.17, 15) is 18.0 Å². The maximum atomic E-state index is 13.3. The second-order valence-corrected chi connectivity index (χ2v) is 9.26. The van der Waals surface area contributed by atoms with E-state index in [-0.39, 0.29) is 40.8 Å². The number of amides is 2. The summed E-state index contributed by atoms with van der Waals surface area (Å²) in [5.74, 6) is -0.818. The molecule has 0 aliphatic carbocycles. The van der Waals surface area contributed by atoms with E-state index < -0.39 is 10.0 Å². The van der Waals surface area contributed by atoms with E-state index in [2.05, 4.69) is 24.1 Å². The molecule has 8 heteroatoms. The van der Waals surface area contributed by atoms with Crippen LogP contribution in [0.4, 0.5) is 0 Å². The molecule has 1 aliphatic rings. The van der Waals surface area contributed by atoms with Crippen LogP contribution in [0.15, 0.2) is 41.8 Å². The Morgan fingerprint density at radius 2 is 2.03 bits per heavy atom. The largest absolute Gasteiger partial charge is 0.356 e. The molecule has 2 unspecified atom stereocenters. The van der Waals surface area contributed by atoms with Gasteiger partial charge in [-0.2, -0.15) is 4.31 Å². The first-order chi connectivity index (χ1) is 13.8. The van der Waals surface area contributed by atoms with Crippen molar-refractivity contribution in [2.24, 2.45) is 5.92 Å². The summed E-state index contributed by atoms with van der Waals surface area (Å²) in [5.41, 5.74) is 0.270. The van der Waals surface area contributed by atoms with Crippen molar-refractivity contribution in [3.05, 3.63) is 42.5 Å². The molecule has 1 heterocycles. The number of nitrogens with one attached hydrogen (secondary N) is 2. The van der Waals surface area contributed by atoms with Crippen molar-refractivity contribution < 1.29 is 18.0 Å². The lowest BCUT2D eigenvalue weighted by Gasteiger charge is -2.36. The Hall–Kier alpha value is -2.19. The summed E-state index contributed by atoms with van der Waals surface area (Å²) in [6.45, 7) is 8.50. The molecule has 1 saturated heterocycles. The number of benzene rings is 1. The molecule has 2 rings (SSSR count). The molecule has 1 aromatic carbocycles. The predicted octanol–water partition coefficient (Wildman–Crippen LogP) is 2.31. The number of nitrogens with zero attached hydrogens (tertiary/aromatic N) is 1. The van der Waals surface area contributed by atoms with Gasteiger partial charge in [-0.15, -0.1) is 6.58 Å². The number of hydrogen-bond donors (Lipinski definition) is 2. The van der Waals surface area contributed by atoms with Crippen molar-refractivity contribution in [3.63, 3.8) is 0 Å². The molecule has 2 atom stereocenters. The smallest absolute Gasteiger partial charge is 0.251 e. The normalized spacial score (nSPS) is 20.1. The summed E-state index contributed by atoms with van der Waals surface area (Å²) in [5, 5.41) is 5.55. The highest BCUT2D eigenvalue weighted by atomic mass is 32.2. The van der Waals surface area contributed by atoms with Gasteiger partial charge in [0.25, 0.3) is 5.91 Å². The molecule has 2 amide bonds. The SMILES string of the molecule is C=CCNC(=O)c1cccc(S(=O)(=O)N2CC(C(=O)NCCCC)CCC2C)c1. The zero-order chi connectivity index (χ0) is 21.4. The average molecular weight is 422 g/mol. The highest BCUT2D eigenvalue weighted by Gasteiger charge is 2.37. The Morgan fingerprint density at radius 1 is 1.28 bits per heavy atom. The van der Waals surface area contributed by atoms with Crippen molar-refractivity contribution in [2.75, 3.05) is 19.6 Å².